The average Bonchev–Trinajstić information content (AvgIpc) is 2.14. The van der Waals surface area contributed by atoms with E-state index in [2.05, 4.69) is 59.0 Å². The predicted molar refractivity (Wildman–Crippen MR) is 64.4 cm³/mol. The highest BCUT2D eigenvalue weighted by molar-refractivity contribution is 14.1. The van der Waals surface area contributed by atoms with Crippen LogP contribution < -0.4 is 5.32 Å². The zero-order valence-electron chi connectivity index (χ0n) is 7.55. The lowest BCUT2D eigenvalue weighted by Gasteiger charge is -2.11. The number of hydrogen-bond donors (Lipinski definition) is 1. The second-order valence-electron chi connectivity index (χ2n) is 2.71. The van der Waals surface area contributed by atoms with Gasteiger partial charge in [0.05, 0.1) is 6.04 Å². The van der Waals surface area contributed by atoms with Gasteiger partial charge in [-0.15, -0.1) is 6.42 Å². The Kier molecular flexibility index (Phi) is 4.26. The van der Waals surface area contributed by atoms with Gasteiger partial charge in [-0.2, -0.15) is 0 Å². The summed E-state index contributed by atoms with van der Waals surface area (Å²) < 4.78 is 1.22. The van der Waals surface area contributed by atoms with E-state index < -0.39 is 0 Å². The first-order chi connectivity index (χ1) is 6.27. The lowest BCUT2D eigenvalue weighted by molar-refractivity contribution is 0.664. The molecule has 0 saturated heterocycles. The summed E-state index contributed by atoms with van der Waals surface area (Å²) in [6, 6.07) is 8.28. The van der Waals surface area contributed by atoms with Crippen molar-refractivity contribution in [2.24, 2.45) is 0 Å². The molecule has 1 nitrogen and oxygen atoms in total. The van der Waals surface area contributed by atoms with Gasteiger partial charge in [-0.25, -0.2) is 0 Å². The SMILES string of the molecule is C#CC(NCC)c1cccc(I)c1. The summed E-state index contributed by atoms with van der Waals surface area (Å²) in [5.41, 5.74) is 1.16. The molecule has 1 aromatic rings. The van der Waals surface area contributed by atoms with Crippen LogP contribution in [0.5, 0.6) is 0 Å². The van der Waals surface area contributed by atoms with Crippen LogP contribution >= 0.6 is 22.6 Å². The van der Waals surface area contributed by atoms with Crippen LogP contribution in [0.15, 0.2) is 24.3 Å². The zero-order valence-corrected chi connectivity index (χ0v) is 9.71. The van der Waals surface area contributed by atoms with Crippen LogP contribution in [0.2, 0.25) is 0 Å². The molecule has 0 aliphatic heterocycles. The topological polar surface area (TPSA) is 12.0 Å². The summed E-state index contributed by atoms with van der Waals surface area (Å²) >= 11 is 2.29. The van der Waals surface area contributed by atoms with E-state index >= 15 is 0 Å². The lowest BCUT2D eigenvalue weighted by atomic mass is 10.1. The van der Waals surface area contributed by atoms with Crippen LogP contribution in [0, 0.1) is 15.9 Å². The van der Waals surface area contributed by atoms with Crippen molar-refractivity contribution in [1.29, 1.82) is 0 Å². The van der Waals surface area contributed by atoms with E-state index in [-0.39, 0.29) is 6.04 Å². The Balaban J connectivity index is 2.86. The minimum atomic E-state index is 0.0414. The van der Waals surface area contributed by atoms with Gasteiger partial charge in [-0.3, -0.25) is 0 Å². The van der Waals surface area contributed by atoms with E-state index in [9.17, 15) is 0 Å². The second kappa shape index (κ2) is 5.25. The van der Waals surface area contributed by atoms with Gasteiger partial charge >= 0.3 is 0 Å². The highest BCUT2D eigenvalue weighted by Crippen LogP contribution is 2.14. The third-order valence-electron chi connectivity index (χ3n) is 1.76. The van der Waals surface area contributed by atoms with Gasteiger partial charge in [0, 0.05) is 3.57 Å². The van der Waals surface area contributed by atoms with Gasteiger partial charge in [0.25, 0.3) is 0 Å². The molecule has 0 aliphatic carbocycles. The fraction of sp³-hybridized carbons (Fsp3) is 0.273. The Morgan fingerprint density at radius 3 is 2.92 bits per heavy atom. The summed E-state index contributed by atoms with van der Waals surface area (Å²) in [5.74, 6) is 2.73. The van der Waals surface area contributed by atoms with E-state index in [1.807, 2.05) is 6.07 Å². The van der Waals surface area contributed by atoms with Crippen molar-refractivity contribution in [2.45, 2.75) is 13.0 Å². The maximum Gasteiger partial charge on any atom is 0.0943 e. The molecule has 1 unspecified atom stereocenters. The number of hydrogen-bond acceptors (Lipinski definition) is 1. The molecule has 68 valence electrons. The molecule has 0 bridgehead atoms. The maximum atomic E-state index is 5.43. The Morgan fingerprint density at radius 2 is 2.38 bits per heavy atom. The molecule has 0 spiro atoms. The number of nitrogens with one attached hydrogen (secondary N) is 1. The monoisotopic (exact) mass is 285 g/mol. The van der Waals surface area contributed by atoms with E-state index in [0.29, 0.717) is 0 Å². The van der Waals surface area contributed by atoms with Gasteiger partial charge in [-0.05, 0) is 46.8 Å². The largest absolute Gasteiger partial charge is 0.300 e. The fourth-order valence-electron chi connectivity index (χ4n) is 1.16. The molecular weight excluding hydrogens is 273 g/mol. The van der Waals surface area contributed by atoms with Gasteiger partial charge in [0.1, 0.15) is 0 Å². The molecule has 0 saturated carbocycles. The molecule has 13 heavy (non-hydrogen) atoms. The Bertz CT molecular complexity index is 314. The summed E-state index contributed by atoms with van der Waals surface area (Å²) in [6.07, 6.45) is 5.43. The Labute approximate surface area is 93.1 Å². The number of benzene rings is 1. The van der Waals surface area contributed by atoms with Crippen molar-refractivity contribution in [3.8, 4) is 12.3 Å². The fourth-order valence-corrected chi connectivity index (χ4v) is 1.73. The normalized spacial score (nSPS) is 12.1. The van der Waals surface area contributed by atoms with E-state index in [4.69, 9.17) is 6.42 Å². The van der Waals surface area contributed by atoms with Crippen molar-refractivity contribution in [1.82, 2.24) is 5.32 Å². The Hall–Kier alpha value is -0.530. The highest BCUT2D eigenvalue weighted by atomic mass is 127. The molecule has 0 heterocycles. The molecule has 1 rings (SSSR count). The van der Waals surface area contributed by atoms with Crippen molar-refractivity contribution in [3.63, 3.8) is 0 Å². The molecule has 0 radical (unpaired) electrons. The summed E-state index contributed by atoms with van der Waals surface area (Å²) in [6.45, 7) is 2.94. The second-order valence-corrected chi connectivity index (χ2v) is 3.96. The molecule has 1 N–H and O–H groups in total. The molecule has 1 aromatic carbocycles. The molecule has 0 fully saturated rings. The Morgan fingerprint density at radius 1 is 1.62 bits per heavy atom. The van der Waals surface area contributed by atoms with Gasteiger partial charge in [-0.1, -0.05) is 25.0 Å². The first kappa shape index (κ1) is 10.6. The van der Waals surface area contributed by atoms with Crippen LogP contribution in [0.4, 0.5) is 0 Å². The van der Waals surface area contributed by atoms with Crippen LogP contribution in [-0.4, -0.2) is 6.54 Å². The minimum absolute atomic E-state index is 0.0414. The highest BCUT2D eigenvalue weighted by Gasteiger charge is 2.05. The first-order valence-electron chi connectivity index (χ1n) is 4.23. The van der Waals surface area contributed by atoms with Gasteiger partial charge in [0.15, 0.2) is 0 Å². The van der Waals surface area contributed by atoms with Crippen molar-refractivity contribution in [3.05, 3.63) is 33.4 Å². The van der Waals surface area contributed by atoms with Crippen LogP contribution in [0.1, 0.15) is 18.5 Å². The van der Waals surface area contributed by atoms with Gasteiger partial charge < -0.3 is 5.32 Å². The minimum Gasteiger partial charge on any atom is -0.300 e. The standard InChI is InChI=1S/C11H12IN/c1-3-11(13-4-2)9-6-5-7-10(12)8-9/h1,5-8,11,13H,4H2,2H3. The average molecular weight is 285 g/mol. The third kappa shape index (κ3) is 3.02. The smallest absolute Gasteiger partial charge is 0.0943 e. The third-order valence-corrected chi connectivity index (χ3v) is 2.43. The van der Waals surface area contributed by atoms with Crippen molar-refractivity contribution >= 4 is 22.6 Å². The van der Waals surface area contributed by atoms with E-state index in [0.717, 1.165) is 12.1 Å². The molecule has 1 atom stereocenters. The van der Waals surface area contributed by atoms with Crippen LogP contribution in [-0.2, 0) is 0 Å². The molecule has 0 aromatic heterocycles. The molecule has 2 heteroatoms. The quantitative estimate of drug-likeness (QED) is 0.665. The molecular formula is C11H12IN. The summed E-state index contributed by atoms with van der Waals surface area (Å²) in [4.78, 5) is 0. The van der Waals surface area contributed by atoms with Gasteiger partial charge in [0.2, 0.25) is 0 Å². The summed E-state index contributed by atoms with van der Waals surface area (Å²) in [7, 11) is 0. The molecule has 0 amide bonds. The van der Waals surface area contributed by atoms with E-state index in [1.165, 1.54) is 3.57 Å². The number of halogens is 1. The number of terminal acetylenes is 1. The lowest BCUT2D eigenvalue weighted by Crippen LogP contribution is -2.19. The van der Waals surface area contributed by atoms with Crippen molar-refractivity contribution in [2.75, 3.05) is 6.54 Å². The van der Waals surface area contributed by atoms with Crippen LogP contribution in [0.25, 0.3) is 0 Å². The van der Waals surface area contributed by atoms with Crippen LogP contribution in [0.3, 0.4) is 0 Å². The zero-order chi connectivity index (χ0) is 9.68. The maximum absolute atomic E-state index is 5.43. The first-order valence-corrected chi connectivity index (χ1v) is 5.30. The molecule has 0 aliphatic rings. The predicted octanol–water partition coefficient (Wildman–Crippen LogP) is 2.58. The van der Waals surface area contributed by atoms with E-state index in [1.54, 1.807) is 0 Å². The van der Waals surface area contributed by atoms with Crippen molar-refractivity contribution < 1.29 is 0 Å². The summed E-state index contributed by atoms with van der Waals surface area (Å²) in [5, 5.41) is 3.24. The number of rotatable bonds is 3.